The Bertz CT molecular complexity index is 1250. The summed E-state index contributed by atoms with van der Waals surface area (Å²) in [6.45, 7) is 5.36. The third-order valence-corrected chi connectivity index (χ3v) is 6.62. The van der Waals surface area contributed by atoms with Gasteiger partial charge in [-0.2, -0.15) is 4.57 Å². The highest BCUT2D eigenvalue weighted by atomic mass is 32.2. The van der Waals surface area contributed by atoms with E-state index >= 15 is 0 Å². The summed E-state index contributed by atoms with van der Waals surface area (Å²) in [4.78, 5) is 15.1. The lowest BCUT2D eigenvalue weighted by Crippen LogP contribution is -2.36. The van der Waals surface area contributed by atoms with Gasteiger partial charge in [-0.1, -0.05) is 55.3 Å². The molecule has 4 heteroatoms. The minimum absolute atomic E-state index is 0.0317. The summed E-state index contributed by atoms with van der Waals surface area (Å²) in [5, 5.41) is 1.86. The zero-order valence-corrected chi connectivity index (χ0v) is 19.4. The van der Waals surface area contributed by atoms with Crippen molar-refractivity contribution in [3.8, 4) is 12.3 Å². The predicted molar refractivity (Wildman–Crippen MR) is 133 cm³/mol. The summed E-state index contributed by atoms with van der Waals surface area (Å²) in [5.74, 6) is 2.80. The number of rotatable bonds is 7. The van der Waals surface area contributed by atoms with Crippen molar-refractivity contribution in [3.05, 3.63) is 83.9 Å². The standard InChI is InChI=1S/C28H27N2OS/c1-4-6-20-30(32-22-17-15-21(3)16-18-22)28(31)27-23-11-7-9-13-25(23)29(19-5-2)26-14-10-8-12-24(26)27/h2,7-18H,4,6,19-20H2,1,3H3/q+1. The molecule has 0 N–H and O–H groups in total. The van der Waals surface area contributed by atoms with E-state index in [1.165, 1.54) is 17.5 Å². The number of carbonyl (C=O) groups excluding carboxylic acids is 1. The van der Waals surface area contributed by atoms with Crippen molar-refractivity contribution >= 4 is 39.7 Å². The van der Waals surface area contributed by atoms with Crippen LogP contribution in [0.1, 0.15) is 35.7 Å². The van der Waals surface area contributed by atoms with E-state index in [2.05, 4.69) is 48.6 Å². The number of amides is 1. The first kappa shape index (κ1) is 21.9. The van der Waals surface area contributed by atoms with Gasteiger partial charge in [0.25, 0.3) is 5.91 Å². The van der Waals surface area contributed by atoms with E-state index < -0.39 is 0 Å². The number of unbranched alkanes of at least 4 members (excludes halogenated alkanes) is 1. The summed E-state index contributed by atoms with van der Waals surface area (Å²) in [5.41, 5.74) is 3.89. The molecule has 4 aromatic rings. The first-order valence-corrected chi connectivity index (χ1v) is 11.7. The number of pyridine rings is 1. The van der Waals surface area contributed by atoms with E-state index in [4.69, 9.17) is 6.42 Å². The van der Waals surface area contributed by atoms with Crippen molar-refractivity contribution in [2.75, 3.05) is 6.54 Å². The molecular formula is C28H27N2OS+. The number of para-hydroxylation sites is 2. The quantitative estimate of drug-likeness (QED) is 0.149. The number of fused-ring (bicyclic) bond motifs is 2. The van der Waals surface area contributed by atoms with E-state index in [0.29, 0.717) is 13.1 Å². The fourth-order valence-electron chi connectivity index (χ4n) is 3.95. The van der Waals surface area contributed by atoms with E-state index in [1.807, 2.05) is 52.8 Å². The van der Waals surface area contributed by atoms with Gasteiger partial charge in [0.05, 0.1) is 16.3 Å². The van der Waals surface area contributed by atoms with E-state index in [-0.39, 0.29) is 5.91 Å². The van der Waals surface area contributed by atoms with Crippen molar-refractivity contribution < 1.29 is 9.36 Å². The number of aromatic nitrogens is 1. The Balaban J connectivity index is 1.89. The van der Waals surface area contributed by atoms with Crippen LogP contribution in [0, 0.1) is 19.3 Å². The van der Waals surface area contributed by atoms with Gasteiger partial charge in [0.2, 0.25) is 17.6 Å². The average molecular weight is 440 g/mol. The molecular weight excluding hydrogens is 412 g/mol. The highest BCUT2D eigenvalue weighted by molar-refractivity contribution is 7.97. The van der Waals surface area contributed by atoms with Gasteiger partial charge in [-0.15, -0.1) is 6.42 Å². The predicted octanol–water partition coefficient (Wildman–Crippen LogP) is 6.17. The molecule has 3 nitrogen and oxygen atoms in total. The summed E-state index contributed by atoms with van der Waals surface area (Å²) in [6.07, 6.45) is 7.66. The number of nitrogens with zero attached hydrogens (tertiary/aromatic N) is 2. The SMILES string of the molecule is C#CC[n+]1c2ccccc2c(C(=O)N(CCCC)Sc2ccc(C)cc2)c2ccccc21. The van der Waals surface area contributed by atoms with Crippen LogP contribution in [0.4, 0.5) is 0 Å². The summed E-state index contributed by atoms with van der Waals surface area (Å²) in [7, 11) is 0. The summed E-state index contributed by atoms with van der Waals surface area (Å²) in [6, 6.07) is 24.4. The number of hydrogen-bond acceptors (Lipinski definition) is 2. The highest BCUT2D eigenvalue weighted by Crippen LogP contribution is 2.31. The second-order valence-electron chi connectivity index (χ2n) is 7.86. The van der Waals surface area contributed by atoms with Crippen molar-refractivity contribution in [2.45, 2.75) is 38.1 Å². The summed E-state index contributed by atoms with van der Waals surface area (Å²) >= 11 is 1.52. The molecule has 1 amide bonds. The molecule has 0 aliphatic rings. The lowest BCUT2D eigenvalue weighted by Gasteiger charge is -2.22. The lowest BCUT2D eigenvalue weighted by molar-refractivity contribution is -0.632. The van der Waals surface area contributed by atoms with Gasteiger partial charge in [0.1, 0.15) is 0 Å². The normalized spacial score (nSPS) is 10.9. The van der Waals surface area contributed by atoms with Crippen LogP contribution < -0.4 is 4.57 Å². The Morgan fingerprint density at radius 1 is 0.969 bits per heavy atom. The average Bonchev–Trinajstić information content (AvgIpc) is 2.82. The fourth-order valence-corrected chi connectivity index (χ4v) is 4.86. The van der Waals surface area contributed by atoms with Crippen LogP contribution in [0.5, 0.6) is 0 Å². The van der Waals surface area contributed by atoms with E-state index in [0.717, 1.165) is 45.1 Å². The molecule has 0 radical (unpaired) electrons. The molecule has 0 saturated carbocycles. The smallest absolute Gasteiger partial charge is 0.265 e. The van der Waals surface area contributed by atoms with Crippen molar-refractivity contribution in [1.82, 2.24) is 4.31 Å². The molecule has 0 unspecified atom stereocenters. The second kappa shape index (κ2) is 9.89. The maximum Gasteiger partial charge on any atom is 0.265 e. The number of terminal acetylenes is 1. The molecule has 0 fully saturated rings. The number of aryl methyl sites for hydroxylation is 1. The molecule has 4 rings (SSSR count). The lowest BCUT2D eigenvalue weighted by atomic mass is 10.0. The monoisotopic (exact) mass is 439 g/mol. The number of benzene rings is 3. The maximum atomic E-state index is 14.1. The first-order chi connectivity index (χ1) is 15.6. The van der Waals surface area contributed by atoms with Crippen LogP contribution in [-0.2, 0) is 6.54 Å². The molecule has 0 atom stereocenters. The molecule has 3 aromatic carbocycles. The van der Waals surface area contributed by atoms with Crippen LogP contribution >= 0.6 is 11.9 Å². The van der Waals surface area contributed by atoms with Crippen molar-refractivity contribution in [2.24, 2.45) is 0 Å². The third-order valence-electron chi connectivity index (χ3n) is 5.57. The molecule has 0 spiro atoms. The molecule has 1 heterocycles. The van der Waals surface area contributed by atoms with Crippen molar-refractivity contribution in [1.29, 1.82) is 0 Å². The van der Waals surface area contributed by atoms with Crippen LogP contribution in [0.2, 0.25) is 0 Å². The maximum absolute atomic E-state index is 14.1. The largest absolute Gasteiger partial charge is 0.278 e. The first-order valence-electron chi connectivity index (χ1n) is 11.0. The zero-order valence-electron chi connectivity index (χ0n) is 18.5. The van der Waals surface area contributed by atoms with E-state index in [9.17, 15) is 4.79 Å². The second-order valence-corrected chi connectivity index (χ2v) is 8.96. The molecule has 0 bridgehead atoms. The Labute approximate surface area is 194 Å². The molecule has 0 aliphatic heterocycles. The molecule has 0 saturated heterocycles. The van der Waals surface area contributed by atoms with Gasteiger partial charge in [0.15, 0.2) is 0 Å². The van der Waals surface area contributed by atoms with Crippen LogP contribution in [-0.4, -0.2) is 16.8 Å². The number of hydrogen-bond donors (Lipinski definition) is 0. The molecule has 0 aliphatic carbocycles. The molecule has 32 heavy (non-hydrogen) atoms. The van der Waals surface area contributed by atoms with Crippen LogP contribution in [0.15, 0.2) is 77.7 Å². The Hall–Kier alpha value is -3.29. The van der Waals surface area contributed by atoms with Crippen LogP contribution in [0.25, 0.3) is 21.8 Å². The molecule has 160 valence electrons. The Morgan fingerprint density at radius 2 is 1.56 bits per heavy atom. The number of carbonyl (C=O) groups is 1. The van der Waals surface area contributed by atoms with Gasteiger partial charge in [-0.25, -0.2) is 0 Å². The van der Waals surface area contributed by atoms with E-state index in [1.54, 1.807) is 0 Å². The zero-order chi connectivity index (χ0) is 22.5. The highest BCUT2D eigenvalue weighted by Gasteiger charge is 2.27. The van der Waals surface area contributed by atoms with Gasteiger partial charge < -0.3 is 0 Å². The minimum atomic E-state index is 0.0317. The topological polar surface area (TPSA) is 24.2 Å². The van der Waals surface area contributed by atoms with Gasteiger partial charge in [-0.3, -0.25) is 9.10 Å². The van der Waals surface area contributed by atoms with Crippen LogP contribution in [0.3, 0.4) is 0 Å². The Kier molecular flexibility index (Phi) is 6.78. The van der Waals surface area contributed by atoms with Crippen molar-refractivity contribution in [3.63, 3.8) is 0 Å². The third kappa shape index (κ3) is 4.35. The minimum Gasteiger partial charge on any atom is -0.278 e. The summed E-state index contributed by atoms with van der Waals surface area (Å²) < 4.78 is 4.03. The fraction of sp³-hybridized carbons (Fsp3) is 0.214. The van der Waals surface area contributed by atoms with Gasteiger partial charge >= 0.3 is 0 Å². The van der Waals surface area contributed by atoms with Gasteiger partial charge in [0, 0.05) is 23.6 Å². The molecule has 1 aromatic heterocycles. The van der Waals surface area contributed by atoms with Gasteiger partial charge in [-0.05, 0) is 55.5 Å². The Morgan fingerprint density at radius 3 is 2.12 bits per heavy atom.